The molecule has 0 bridgehead atoms. The van der Waals surface area contributed by atoms with Crippen molar-refractivity contribution in [2.75, 3.05) is 13.7 Å². The molecule has 0 atom stereocenters. The third-order valence-electron chi connectivity index (χ3n) is 5.23. The van der Waals surface area contributed by atoms with Crippen LogP contribution in [0, 0.1) is 5.92 Å². The highest BCUT2D eigenvalue weighted by atomic mass is 127. The van der Waals surface area contributed by atoms with Crippen LogP contribution in [-0.2, 0) is 19.6 Å². The Labute approximate surface area is 201 Å². The number of aromatic nitrogens is 2. The van der Waals surface area contributed by atoms with Crippen LogP contribution in [0.5, 0.6) is 5.75 Å². The maximum absolute atomic E-state index is 6.00. The van der Waals surface area contributed by atoms with Gasteiger partial charge in [0.05, 0.1) is 13.2 Å². The largest absolute Gasteiger partial charge is 0.493 e. The quantitative estimate of drug-likeness (QED) is 0.247. The number of rotatable bonds is 9. The molecule has 31 heavy (non-hydrogen) atoms. The van der Waals surface area contributed by atoms with Crippen molar-refractivity contribution < 1.29 is 4.74 Å². The summed E-state index contributed by atoms with van der Waals surface area (Å²) in [7, 11) is 1.78. The monoisotopic (exact) mass is 531 g/mol. The van der Waals surface area contributed by atoms with Gasteiger partial charge in [-0.25, -0.2) is 4.98 Å². The lowest BCUT2D eigenvalue weighted by Gasteiger charge is -2.15. The van der Waals surface area contributed by atoms with E-state index in [0.717, 1.165) is 42.2 Å². The molecular formula is C24H30IN5O. The second kappa shape index (κ2) is 11.7. The second-order valence-electron chi connectivity index (χ2n) is 7.60. The number of halogens is 1. The number of guanidine groups is 1. The first-order valence-corrected chi connectivity index (χ1v) is 10.5. The van der Waals surface area contributed by atoms with Crippen molar-refractivity contribution in [1.29, 1.82) is 0 Å². The predicted molar refractivity (Wildman–Crippen MR) is 135 cm³/mol. The molecule has 3 aromatic rings. The number of nitrogens with one attached hydrogen (secondary N) is 2. The molecule has 1 heterocycles. The van der Waals surface area contributed by atoms with Crippen LogP contribution in [0.3, 0.4) is 0 Å². The minimum absolute atomic E-state index is 0. The summed E-state index contributed by atoms with van der Waals surface area (Å²) in [6, 6.07) is 18.6. The summed E-state index contributed by atoms with van der Waals surface area (Å²) in [5.74, 6) is 3.39. The molecule has 0 aliphatic heterocycles. The molecule has 0 radical (unpaired) electrons. The normalized spacial score (nSPS) is 13.4. The highest BCUT2D eigenvalue weighted by Crippen LogP contribution is 2.30. The summed E-state index contributed by atoms with van der Waals surface area (Å²) in [6.07, 6.45) is 6.42. The van der Waals surface area contributed by atoms with E-state index in [0.29, 0.717) is 13.1 Å². The van der Waals surface area contributed by atoms with Crippen LogP contribution in [0.4, 0.5) is 0 Å². The van der Waals surface area contributed by atoms with Gasteiger partial charge in [0.25, 0.3) is 0 Å². The Morgan fingerprint density at radius 1 is 1.06 bits per heavy atom. The Kier molecular flexibility index (Phi) is 8.75. The summed E-state index contributed by atoms with van der Waals surface area (Å²) in [6.45, 7) is 2.86. The molecule has 1 aromatic heterocycles. The van der Waals surface area contributed by atoms with Gasteiger partial charge in [0, 0.05) is 38.1 Å². The zero-order valence-corrected chi connectivity index (χ0v) is 20.2. The highest BCUT2D eigenvalue weighted by Gasteiger charge is 2.22. The first kappa shape index (κ1) is 23.1. The van der Waals surface area contributed by atoms with Crippen molar-refractivity contribution in [3.05, 3.63) is 83.9 Å². The zero-order chi connectivity index (χ0) is 20.6. The van der Waals surface area contributed by atoms with Crippen LogP contribution in [-0.4, -0.2) is 29.2 Å². The molecule has 7 heteroatoms. The number of para-hydroxylation sites is 1. The van der Waals surface area contributed by atoms with E-state index < -0.39 is 0 Å². The van der Waals surface area contributed by atoms with Gasteiger partial charge in [-0.15, -0.1) is 24.0 Å². The average Bonchev–Trinajstić information content (AvgIpc) is 3.52. The molecule has 1 aliphatic rings. The average molecular weight is 531 g/mol. The fourth-order valence-electron chi connectivity index (χ4n) is 3.28. The fourth-order valence-corrected chi connectivity index (χ4v) is 3.28. The van der Waals surface area contributed by atoms with Crippen molar-refractivity contribution in [2.24, 2.45) is 10.9 Å². The topological polar surface area (TPSA) is 63.5 Å². The lowest BCUT2D eigenvalue weighted by Crippen LogP contribution is -2.37. The number of hydrogen-bond donors (Lipinski definition) is 2. The van der Waals surface area contributed by atoms with Gasteiger partial charge in [-0.05, 0) is 30.4 Å². The molecule has 4 rings (SSSR count). The summed E-state index contributed by atoms with van der Waals surface area (Å²) in [5, 5.41) is 6.75. The maximum Gasteiger partial charge on any atom is 0.191 e. The lowest BCUT2D eigenvalue weighted by atomic mass is 10.2. The summed E-state index contributed by atoms with van der Waals surface area (Å²) >= 11 is 0. The van der Waals surface area contributed by atoms with Gasteiger partial charge in [-0.1, -0.05) is 48.5 Å². The number of benzene rings is 2. The van der Waals surface area contributed by atoms with Crippen molar-refractivity contribution in [1.82, 2.24) is 20.2 Å². The van der Waals surface area contributed by atoms with Crippen LogP contribution in [0.2, 0.25) is 0 Å². The third-order valence-corrected chi connectivity index (χ3v) is 5.23. The standard InChI is InChI=1S/C24H29N5O.HI/c1-25-24(27-15-21-9-5-6-10-22(21)30-18-20-11-12-20)28-16-23-26-13-14-29(23)17-19-7-3-2-4-8-19;/h2-10,13-14,20H,11-12,15-18H2,1H3,(H2,25,27,28);1H. The number of hydrogen-bond acceptors (Lipinski definition) is 3. The van der Waals surface area contributed by atoms with Crippen molar-refractivity contribution >= 4 is 29.9 Å². The van der Waals surface area contributed by atoms with E-state index in [9.17, 15) is 0 Å². The molecule has 0 unspecified atom stereocenters. The molecular weight excluding hydrogens is 501 g/mol. The lowest BCUT2D eigenvalue weighted by molar-refractivity contribution is 0.296. The smallest absolute Gasteiger partial charge is 0.191 e. The number of imidazole rings is 1. The number of ether oxygens (including phenoxy) is 1. The first-order valence-electron chi connectivity index (χ1n) is 10.5. The Morgan fingerprint density at radius 3 is 2.58 bits per heavy atom. The van der Waals surface area contributed by atoms with Gasteiger partial charge in [-0.3, -0.25) is 4.99 Å². The molecule has 1 saturated carbocycles. The summed E-state index contributed by atoms with van der Waals surface area (Å²) in [5.41, 5.74) is 2.38. The van der Waals surface area contributed by atoms with Gasteiger partial charge in [-0.2, -0.15) is 0 Å². The van der Waals surface area contributed by atoms with Crippen LogP contribution < -0.4 is 15.4 Å². The molecule has 2 N–H and O–H groups in total. The van der Waals surface area contributed by atoms with E-state index in [1.54, 1.807) is 7.05 Å². The molecule has 164 valence electrons. The van der Waals surface area contributed by atoms with Gasteiger partial charge < -0.3 is 19.9 Å². The molecule has 2 aromatic carbocycles. The van der Waals surface area contributed by atoms with E-state index in [2.05, 4.69) is 55.5 Å². The van der Waals surface area contributed by atoms with E-state index in [-0.39, 0.29) is 24.0 Å². The van der Waals surface area contributed by atoms with E-state index in [4.69, 9.17) is 4.74 Å². The summed E-state index contributed by atoms with van der Waals surface area (Å²) < 4.78 is 8.15. The van der Waals surface area contributed by atoms with Gasteiger partial charge in [0.2, 0.25) is 0 Å². The predicted octanol–water partition coefficient (Wildman–Crippen LogP) is 4.20. The van der Waals surface area contributed by atoms with Crippen molar-refractivity contribution in [3.63, 3.8) is 0 Å². The van der Waals surface area contributed by atoms with Crippen LogP contribution in [0.1, 0.15) is 29.8 Å². The van der Waals surface area contributed by atoms with Gasteiger partial charge in [0.1, 0.15) is 11.6 Å². The second-order valence-corrected chi connectivity index (χ2v) is 7.60. The van der Waals surface area contributed by atoms with Crippen LogP contribution in [0.15, 0.2) is 72.0 Å². The molecule has 0 saturated heterocycles. The fraction of sp³-hybridized carbons (Fsp3) is 0.333. The molecule has 0 spiro atoms. The van der Waals surface area contributed by atoms with E-state index >= 15 is 0 Å². The third kappa shape index (κ3) is 6.99. The Balaban J connectivity index is 0.00000272. The molecule has 6 nitrogen and oxygen atoms in total. The summed E-state index contributed by atoms with van der Waals surface area (Å²) in [4.78, 5) is 8.84. The minimum Gasteiger partial charge on any atom is -0.493 e. The number of aliphatic imine (C=N–C) groups is 1. The van der Waals surface area contributed by atoms with Crippen molar-refractivity contribution in [3.8, 4) is 5.75 Å². The molecule has 0 amide bonds. The Morgan fingerprint density at radius 2 is 1.81 bits per heavy atom. The van der Waals surface area contributed by atoms with E-state index in [1.165, 1.54) is 18.4 Å². The van der Waals surface area contributed by atoms with Gasteiger partial charge in [0.15, 0.2) is 5.96 Å². The minimum atomic E-state index is 0. The first-order chi connectivity index (χ1) is 14.8. The zero-order valence-electron chi connectivity index (χ0n) is 17.8. The Hall–Kier alpha value is -2.55. The van der Waals surface area contributed by atoms with Crippen LogP contribution in [0.25, 0.3) is 0 Å². The van der Waals surface area contributed by atoms with Crippen LogP contribution >= 0.6 is 24.0 Å². The molecule has 1 fully saturated rings. The molecule has 1 aliphatic carbocycles. The maximum atomic E-state index is 6.00. The number of nitrogens with zero attached hydrogens (tertiary/aromatic N) is 3. The highest BCUT2D eigenvalue weighted by molar-refractivity contribution is 14.0. The van der Waals surface area contributed by atoms with Gasteiger partial charge >= 0.3 is 0 Å². The SMILES string of the molecule is CN=C(NCc1ccccc1OCC1CC1)NCc1nccn1Cc1ccccc1.I. The van der Waals surface area contributed by atoms with E-state index in [1.807, 2.05) is 36.7 Å². The van der Waals surface area contributed by atoms with Crippen molar-refractivity contribution in [2.45, 2.75) is 32.5 Å². The Bertz CT molecular complexity index is 969.